The molecule has 0 aliphatic heterocycles. The van der Waals surface area contributed by atoms with Gasteiger partial charge in [0.15, 0.2) is 5.75 Å². The van der Waals surface area contributed by atoms with E-state index < -0.39 is 39.0 Å². The fraction of sp³-hybridized carbons (Fsp3) is 0.455. The molecule has 1 rings (SSSR count). The minimum atomic E-state index is -4.01. The zero-order valence-corrected chi connectivity index (χ0v) is 11.8. The van der Waals surface area contributed by atoms with Gasteiger partial charge >= 0.3 is 5.69 Å². The third kappa shape index (κ3) is 3.65. The molecule has 1 aromatic carbocycles. The molecule has 0 radical (unpaired) electrons. The highest BCUT2D eigenvalue weighted by molar-refractivity contribution is 7.89. The van der Waals surface area contributed by atoms with Gasteiger partial charge in [0.05, 0.1) is 16.4 Å². The molecule has 0 heterocycles. The standard InChI is InChI=1S/C11H16N2O6S/c1-7(2)9(6-14)12-20(18,19)8-3-4-11(15)10(5-8)13(16)17/h3-5,7,9,12,14-15H,6H2,1-2H3. The summed E-state index contributed by atoms with van der Waals surface area (Å²) in [6.45, 7) is 3.06. The predicted octanol–water partition coefficient (Wildman–Crippen LogP) is 0.596. The first kappa shape index (κ1) is 16.3. The number of nitro benzene ring substituents is 1. The molecular formula is C11H16N2O6S. The Morgan fingerprint density at radius 2 is 2.00 bits per heavy atom. The minimum Gasteiger partial charge on any atom is -0.502 e. The topological polar surface area (TPSA) is 130 Å². The van der Waals surface area contributed by atoms with Crippen molar-refractivity contribution < 1.29 is 23.6 Å². The molecule has 3 N–H and O–H groups in total. The Hall–Kier alpha value is -1.71. The van der Waals surface area contributed by atoms with Gasteiger partial charge in [-0.1, -0.05) is 13.8 Å². The lowest BCUT2D eigenvalue weighted by molar-refractivity contribution is -0.386. The molecule has 0 amide bonds. The molecule has 1 aromatic rings. The summed E-state index contributed by atoms with van der Waals surface area (Å²) in [5, 5.41) is 29.1. The smallest absolute Gasteiger partial charge is 0.312 e. The molecule has 0 aromatic heterocycles. The zero-order chi connectivity index (χ0) is 15.5. The highest BCUT2D eigenvalue weighted by Gasteiger charge is 2.25. The van der Waals surface area contributed by atoms with Crippen molar-refractivity contribution >= 4 is 15.7 Å². The summed E-state index contributed by atoms with van der Waals surface area (Å²) in [4.78, 5) is 9.46. The van der Waals surface area contributed by atoms with Gasteiger partial charge in [-0.3, -0.25) is 10.1 Å². The molecule has 0 saturated carbocycles. The van der Waals surface area contributed by atoms with E-state index in [0.29, 0.717) is 0 Å². The SMILES string of the molecule is CC(C)C(CO)NS(=O)(=O)c1ccc(O)c([N+](=O)[O-])c1. The van der Waals surface area contributed by atoms with Gasteiger partial charge in [-0.05, 0) is 18.1 Å². The van der Waals surface area contributed by atoms with Crippen LogP contribution in [-0.2, 0) is 10.0 Å². The highest BCUT2D eigenvalue weighted by atomic mass is 32.2. The number of hydrogen-bond acceptors (Lipinski definition) is 6. The van der Waals surface area contributed by atoms with E-state index >= 15 is 0 Å². The molecule has 1 atom stereocenters. The monoisotopic (exact) mass is 304 g/mol. The Morgan fingerprint density at radius 1 is 1.40 bits per heavy atom. The summed E-state index contributed by atoms with van der Waals surface area (Å²) in [5.41, 5.74) is -0.696. The molecule has 0 aliphatic rings. The van der Waals surface area contributed by atoms with E-state index in [1.807, 2.05) is 0 Å². The number of nitrogens with zero attached hydrogens (tertiary/aromatic N) is 1. The van der Waals surface area contributed by atoms with E-state index in [-0.39, 0.29) is 10.8 Å². The number of hydrogen-bond donors (Lipinski definition) is 3. The van der Waals surface area contributed by atoms with Gasteiger partial charge < -0.3 is 10.2 Å². The summed E-state index contributed by atoms with van der Waals surface area (Å²) < 4.78 is 26.4. The van der Waals surface area contributed by atoms with Crippen LogP contribution in [0.25, 0.3) is 0 Å². The van der Waals surface area contributed by atoms with Crippen LogP contribution in [0.2, 0.25) is 0 Å². The number of aliphatic hydroxyl groups excluding tert-OH is 1. The molecule has 9 heteroatoms. The quantitative estimate of drug-likeness (QED) is 0.521. The summed E-state index contributed by atoms with van der Waals surface area (Å²) >= 11 is 0. The maximum atomic E-state index is 12.1. The Morgan fingerprint density at radius 3 is 2.45 bits per heavy atom. The molecule has 112 valence electrons. The van der Waals surface area contributed by atoms with Crippen LogP contribution in [0.4, 0.5) is 5.69 Å². The molecule has 0 bridgehead atoms. The minimum absolute atomic E-state index is 0.151. The second-order valence-corrected chi connectivity index (χ2v) is 6.28. The van der Waals surface area contributed by atoms with Crippen molar-refractivity contribution in [3.8, 4) is 5.75 Å². The Balaban J connectivity index is 3.16. The number of benzene rings is 1. The molecule has 0 spiro atoms. The number of sulfonamides is 1. The van der Waals surface area contributed by atoms with Gasteiger partial charge in [0.2, 0.25) is 10.0 Å². The van der Waals surface area contributed by atoms with Gasteiger partial charge in [0, 0.05) is 12.1 Å². The summed E-state index contributed by atoms with van der Waals surface area (Å²) in [5.74, 6) is -0.765. The Kier molecular flexibility index (Phi) is 5.03. The molecule has 20 heavy (non-hydrogen) atoms. The lowest BCUT2D eigenvalue weighted by Crippen LogP contribution is -2.41. The van der Waals surface area contributed by atoms with Crippen LogP contribution in [0.15, 0.2) is 23.1 Å². The first-order chi connectivity index (χ1) is 9.19. The van der Waals surface area contributed by atoms with Crippen LogP contribution < -0.4 is 4.72 Å². The first-order valence-corrected chi connectivity index (χ1v) is 7.28. The largest absolute Gasteiger partial charge is 0.502 e. The van der Waals surface area contributed by atoms with E-state index in [1.165, 1.54) is 0 Å². The number of phenolic OH excluding ortho intramolecular Hbond substituents is 1. The van der Waals surface area contributed by atoms with Gasteiger partial charge in [0.25, 0.3) is 0 Å². The van der Waals surface area contributed by atoms with Gasteiger partial charge in [0.1, 0.15) is 0 Å². The number of aromatic hydroxyl groups is 1. The average Bonchev–Trinajstić information content (AvgIpc) is 2.35. The average molecular weight is 304 g/mol. The summed E-state index contributed by atoms with van der Waals surface area (Å²) in [6, 6.07) is 2.06. The Labute approximate surface area is 116 Å². The van der Waals surface area contributed by atoms with Crippen molar-refractivity contribution in [1.29, 1.82) is 0 Å². The molecule has 0 saturated heterocycles. The number of nitrogens with one attached hydrogen (secondary N) is 1. The van der Waals surface area contributed by atoms with Crippen LogP contribution in [0, 0.1) is 16.0 Å². The predicted molar refractivity (Wildman–Crippen MR) is 70.8 cm³/mol. The third-order valence-electron chi connectivity index (χ3n) is 2.76. The number of rotatable bonds is 6. The number of aliphatic hydroxyl groups is 1. The first-order valence-electron chi connectivity index (χ1n) is 5.79. The number of phenols is 1. The van der Waals surface area contributed by atoms with Gasteiger partial charge in [-0.15, -0.1) is 0 Å². The second-order valence-electron chi connectivity index (χ2n) is 4.56. The molecular weight excluding hydrogens is 288 g/mol. The number of nitro groups is 1. The Bertz CT molecular complexity index is 599. The molecule has 0 fully saturated rings. The lowest BCUT2D eigenvalue weighted by atomic mass is 10.1. The molecule has 8 nitrogen and oxygen atoms in total. The van der Waals surface area contributed by atoms with Crippen LogP contribution in [0.5, 0.6) is 5.75 Å². The third-order valence-corrected chi connectivity index (χ3v) is 4.25. The van der Waals surface area contributed by atoms with Crippen molar-refractivity contribution in [3.05, 3.63) is 28.3 Å². The second kappa shape index (κ2) is 6.16. The van der Waals surface area contributed by atoms with E-state index in [4.69, 9.17) is 5.11 Å². The summed E-state index contributed by atoms with van der Waals surface area (Å²) in [7, 11) is -4.01. The van der Waals surface area contributed by atoms with Crippen molar-refractivity contribution in [3.63, 3.8) is 0 Å². The van der Waals surface area contributed by atoms with E-state index in [9.17, 15) is 23.6 Å². The van der Waals surface area contributed by atoms with Crippen molar-refractivity contribution in [2.24, 2.45) is 5.92 Å². The lowest BCUT2D eigenvalue weighted by Gasteiger charge is -2.19. The highest BCUT2D eigenvalue weighted by Crippen LogP contribution is 2.28. The van der Waals surface area contributed by atoms with E-state index in [2.05, 4.69) is 4.72 Å². The van der Waals surface area contributed by atoms with Crippen LogP contribution in [-0.4, -0.2) is 36.2 Å². The maximum Gasteiger partial charge on any atom is 0.312 e. The van der Waals surface area contributed by atoms with Crippen molar-refractivity contribution in [2.45, 2.75) is 24.8 Å². The van der Waals surface area contributed by atoms with Crippen molar-refractivity contribution in [1.82, 2.24) is 4.72 Å². The molecule has 0 aliphatic carbocycles. The molecule has 1 unspecified atom stereocenters. The fourth-order valence-electron chi connectivity index (χ4n) is 1.47. The normalized spacial score (nSPS) is 13.4. The van der Waals surface area contributed by atoms with Gasteiger partial charge in [-0.25, -0.2) is 13.1 Å². The van der Waals surface area contributed by atoms with E-state index in [0.717, 1.165) is 18.2 Å². The van der Waals surface area contributed by atoms with Gasteiger partial charge in [-0.2, -0.15) is 0 Å². The maximum absolute atomic E-state index is 12.1. The van der Waals surface area contributed by atoms with Crippen LogP contribution in [0.3, 0.4) is 0 Å². The zero-order valence-electron chi connectivity index (χ0n) is 11.0. The van der Waals surface area contributed by atoms with Crippen LogP contribution >= 0.6 is 0 Å². The fourth-order valence-corrected chi connectivity index (χ4v) is 2.86. The summed E-state index contributed by atoms with van der Waals surface area (Å²) in [6.07, 6.45) is 0. The van der Waals surface area contributed by atoms with Crippen molar-refractivity contribution in [2.75, 3.05) is 6.61 Å². The van der Waals surface area contributed by atoms with E-state index in [1.54, 1.807) is 13.8 Å². The van der Waals surface area contributed by atoms with Crippen LogP contribution in [0.1, 0.15) is 13.8 Å².